The summed E-state index contributed by atoms with van der Waals surface area (Å²) in [6, 6.07) is 11.1. The molecule has 0 aromatic heterocycles. The van der Waals surface area contributed by atoms with Crippen LogP contribution in [0.3, 0.4) is 0 Å². The Balaban J connectivity index is 2.18. The minimum atomic E-state index is -0.407. The van der Waals surface area contributed by atoms with Crippen molar-refractivity contribution in [3.05, 3.63) is 57.6 Å². The van der Waals surface area contributed by atoms with Gasteiger partial charge in [-0.15, -0.1) is 11.8 Å². The number of hydrogen-bond acceptors (Lipinski definition) is 4. The minimum absolute atomic E-state index is 0.00502. The molecule has 0 aliphatic heterocycles. The third-order valence-electron chi connectivity index (χ3n) is 3.37. The molecule has 0 aliphatic carbocycles. The lowest BCUT2D eigenvalue weighted by Gasteiger charge is -2.13. The monoisotopic (exact) mass is 375 g/mol. The molecule has 132 valence electrons. The topological polar surface area (TPSA) is 67.2 Å². The van der Waals surface area contributed by atoms with Crippen LogP contribution < -0.4 is 10.6 Å². The molecule has 2 aromatic carbocycles. The van der Waals surface area contributed by atoms with Crippen LogP contribution in [0.4, 0.5) is 17.1 Å². The number of benzene rings is 2. The Labute approximate surface area is 157 Å². The lowest BCUT2D eigenvalue weighted by molar-refractivity contribution is -0.383. The van der Waals surface area contributed by atoms with E-state index in [1.165, 1.54) is 6.07 Å². The molecule has 0 amide bonds. The fraction of sp³-hybridized carbons (Fsp3) is 0.278. The Kier molecular flexibility index (Phi) is 6.78. The van der Waals surface area contributed by atoms with Crippen molar-refractivity contribution in [3.8, 4) is 0 Å². The first-order valence-corrected chi connectivity index (χ1v) is 9.36. The number of aryl methyl sites for hydroxylation is 2. The van der Waals surface area contributed by atoms with E-state index in [4.69, 9.17) is 12.2 Å². The Morgan fingerprint density at radius 2 is 1.84 bits per heavy atom. The highest BCUT2D eigenvalue weighted by Gasteiger charge is 2.15. The van der Waals surface area contributed by atoms with Crippen LogP contribution in [-0.4, -0.2) is 15.8 Å². The van der Waals surface area contributed by atoms with Crippen molar-refractivity contribution in [2.45, 2.75) is 32.1 Å². The molecule has 0 fully saturated rings. The zero-order valence-electron chi connectivity index (χ0n) is 14.5. The number of nitro benzene ring substituents is 1. The quantitative estimate of drug-likeness (QED) is 0.300. The van der Waals surface area contributed by atoms with Crippen LogP contribution in [0.2, 0.25) is 0 Å². The average Bonchev–Trinajstić information content (AvgIpc) is 2.51. The Morgan fingerprint density at radius 1 is 1.16 bits per heavy atom. The minimum Gasteiger partial charge on any atom is -0.332 e. The number of thiocarbonyl (C=S) groups is 1. The van der Waals surface area contributed by atoms with Gasteiger partial charge in [0.1, 0.15) is 5.69 Å². The van der Waals surface area contributed by atoms with Crippen molar-refractivity contribution < 1.29 is 4.92 Å². The second-order valence-electron chi connectivity index (χ2n) is 5.74. The van der Waals surface area contributed by atoms with Crippen molar-refractivity contribution in [1.29, 1.82) is 0 Å². The maximum Gasteiger partial charge on any atom is 0.292 e. The van der Waals surface area contributed by atoms with Crippen LogP contribution in [0.25, 0.3) is 0 Å². The van der Waals surface area contributed by atoms with E-state index in [9.17, 15) is 10.1 Å². The van der Waals surface area contributed by atoms with Gasteiger partial charge in [-0.05, 0) is 73.6 Å². The number of nitrogens with one attached hydrogen (secondary N) is 2. The standard InChI is InChI=1S/C18H21N3O2S2/c1-4-7-25-15-5-6-17(21(22)23)16(11-15)20-18(24)19-14-9-12(2)8-13(3)10-14/h5-6,8-11H,4,7H2,1-3H3,(H2,19,20,24). The van der Waals surface area contributed by atoms with Crippen molar-refractivity contribution in [3.63, 3.8) is 0 Å². The molecular weight excluding hydrogens is 354 g/mol. The summed E-state index contributed by atoms with van der Waals surface area (Å²) in [6.45, 7) is 6.11. The molecule has 2 rings (SSSR count). The number of hydrogen-bond donors (Lipinski definition) is 2. The number of thioether (sulfide) groups is 1. The van der Waals surface area contributed by atoms with Gasteiger partial charge < -0.3 is 10.6 Å². The SMILES string of the molecule is CCCSc1ccc([N+](=O)[O-])c(NC(=S)Nc2cc(C)cc(C)c2)c1. The maximum absolute atomic E-state index is 11.3. The van der Waals surface area contributed by atoms with E-state index in [2.05, 4.69) is 23.6 Å². The molecule has 0 saturated heterocycles. The van der Waals surface area contributed by atoms with Gasteiger partial charge in [0.15, 0.2) is 5.11 Å². The summed E-state index contributed by atoms with van der Waals surface area (Å²) in [4.78, 5) is 11.8. The molecule has 0 radical (unpaired) electrons. The number of nitrogens with zero attached hydrogens (tertiary/aromatic N) is 1. The molecule has 7 heteroatoms. The van der Waals surface area contributed by atoms with Gasteiger partial charge in [-0.2, -0.15) is 0 Å². The first kappa shape index (κ1) is 19.2. The predicted octanol–water partition coefficient (Wildman–Crippen LogP) is 5.52. The van der Waals surface area contributed by atoms with E-state index < -0.39 is 4.92 Å². The predicted molar refractivity (Wildman–Crippen MR) is 110 cm³/mol. The normalized spacial score (nSPS) is 10.4. The molecular formula is C18H21N3O2S2. The van der Waals surface area contributed by atoms with Crippen molar-refractivity contribution in [1.82, 2.24) is 0 Å². The van der Waals surface area contributed by atoms with Crippen molar-refractivity contribution >= 4 is 46.2 Å². The molecule has 0 saturated carbocycles. The van der Waals surface area contributed by atoms with Gasteiger partial charge in [-0.3, -0.25) is 10.1 Å². The maximum atomic E-state index is 11.3. The van der Waals surface area contributed by atoms with E-state index in [1.807, 2.05) is 26.0 Å². The highest BCUT2D eigenvalue weighted by Crippen LogP contribution is 2.30. The second kappa shape index (κ2) is 8.82. The van der Waals surface area contributed by atoms with Gasteiger partial charge in [-0.25, -0.2) is 0 Å². The summed E-state index contributed by atoms with van der Waals surface area (Å²) >= 11 is 6.99. The molecule has 0 spiro atoms. The van der Waals surface area contributed by atoms with Crippen LogP contribution in [0.1, 0.15) is 24.5 Å². The van der Waals surface area contributed by atoms with Gasteiger partial charge in [-0.1, -0.05) is 13.0 Å². The number of rotatable bonds is 6. The fourth-order valence-electron chi connectivity index (χ4n) is 2.42. The highest BCUT2D eigenvalue weighted by atomic mass is 32.2. The summed E-state index contributed by atoms with van der Waals surface area (Å²) in [5.74, 6) is 0.961. The van der Waals surface area contributed by atoms with E-state index in [-0.39, 0.29) is 5.69 Å². The third-order valence-corrected chi connectivity index (χ3v) is 4.77. The lowest BCUT2D eigenvalue weighted by atomic mass is 10.1. The molecule has 2 aromatic rings. The Morgan fingerprint density at radius 3 is 2.44 bits per heavy atom. The zero-order chi connectivity index (χ0) is 18.4. The fourth-order valence-corrected chi connectivity index (χ4v) is 3.45. The summed E-state index contributed by atoms with van der Waals surface area (Å²) in [6.07, 6.45) is 1.04. The van der Waals surface area contributed by atoms with Gasteiger partial charge in [0.25, 0.3) is 5.69 Å². The molecule has 25 heavy (non-hydrogen) atoms. The summed E-state index contributed by atoms with van der Waals surface area (Å²) < 4.78 is 0. The second-order valence-corrected chi connectivity index (χ2v) is 7.32. The van der Waals surface area contributed by atoms with E-state index in [0.717, 1.165) is 33.9 Å². The van der Waals surface area contributed by atoms with Crippen LogP contribution in [-0.2, 0) is 0 Å². The molecule has 0 aliphatic rings. The van der Waals surface area contributed by atoms with E-state index >= 15 is 0 Å². The number of anilines is 2. The summed E-state index contributed by atoms with van der Waals surface area (Å²) in [5.41, 5.74) is 3.50. The smallest absolute Gasteiger partial charge is 0.292 e. The van der Waals surface area contributed by atoms with Crippen LogP contribution in [0.15, 0.2) is 41.3 Å². The zero-order valence-corrected chi connectivity index (χ0v) is 16.1. The van der Waals surface area contributed by atoms with Crippen molar-refractivity contribution in [2.75, 3.05) is 16.4 Å². The molecule has 0 bridgehead atoms. The van der Waals surface area contributed by atoms with Crippen LogP contribution >= 0.6 is 24.0 Å². The molecule has 0 heterocycles. The van der Waals surface area contributed by atoms with E-state index in [0.29, 0.717) is 10.8 Å². The highest BCUT2D eigenvalue weighted by molar-refractivity contribution is 7.99. The van der Waals surface area contributed by atoms with Gasteiger partial charge in [0.05, 0.1) is 4.92 Å². The summed E-state index contributed by atoms with van der Waals surface area (Å²) in [5, 5.41) is 17.6. The number of nitro groups is 1. The largest absolute Gasteiger partial charge is 0.332 e. The lowest BCUT2D eigenvalue weighted by Crippen LogP contribution is -2.20. The Hall–Kier alpha value is -2.12. The summed E-state index contributed by atoms with van der Waals surface area (Å²) in [7, 11) is 0. The first-order valence-electron chi connectivity index (χ1n) is 7.96. The van der Waals surface area contributed by atoms with Crippen LogP contribution in [0.5, 0.6) is 0 Å². The third kappa shape index (κ3) is 5.72. The molecule has 0 unspecified atom stereocenters. The first-order chi connectivity index (χ1) is 11.9. The van der Waals surface area contributed by atoms with Gasteiger partial charge >= 0.3 is 0 Å². The molecule has 0 atom stereocenters. The average molecular weight is 376 g/mol. The molecule has 2 N–H and O–H groups in total. The van der Waals surface area contributed by atoms with Crippen LogP contribution in [0, 0.1) is 24.0 Å². The van der Waals surface area contributed by atoms with E-state index in [1.54, 1.807) is 23.9 Å². The Bertz CT molecular complexity index is 774. The van der Waals surface area contributed by atoms with Gasteiger partial charge in [0.2, 0.25) is 0 Å². The molecule has 5 nitrogen and oxygen atoms in total. The van der Waals surface area contributed by atoms with Crippen molar-refractivity contribution in [2.24, 2.45) is 0 Å². The van der Waals surface area contributed by atoms with Gasteiger partial charge in [0, 0.05) is 16.6 Å².